The third-order valence-electron chi connectivity index (χ3n) is 3.54. The second-order valence-electron chi connectivity index (χ2n) is 6.41. The van der Waals surface area contributed by atoms with Crippen LogP contribution in [0.15, 0.2) is 53.1 Å². The molecule has 1 amide bonds. The predicted molar refractivity (Wildman–Crippen MR) is 90.6 cm³/mol. The van der Waals surface area contributed by atoms with Gasteiger partial charge in [0, 0.05) is 11.8 Å². The number of rotatable bonds is 3. The molecule has 0 spiro atoms. The molecule has 122 valence electrons. The van der Waals surface area contributed by atoms with Gasteiger partial charge in [0.25, 0.3) is 11.8 Å². The molecule has 6 nitrogen and oxygen atoms in total. The van der Waals surface area contributed by atoms with Crippen molar-refractivity contribution in [3.8, 4) is 11.6 Å². The first-order valence-corrected chi connectivity index (χ1v) is 7.60. The lowest BCUT2D eigenvalue weighted by Crippen LogP contribution is -2.14. The summed E-state index contributed by atoms with van der Waals surface area (Å²) in [6, 6.07) is 12.9. The number of carbonyl (C=O) groups is 1. The van der Waals surface area contributed by atoms with Crippen molar-refractivity contribution in [2.45, 2.75) is 26.2 Å². The fourth-order valence-corrected chi connectivity index (χ4v) is 2.16. The Morgan fingerprint density at radius 1 is 1.04 bits per heavy atom. The van der Waals surface area contributed by atoms with E-state index in [-0.39, 0.29) is 23.2 Å². The van der Waals surface area contributed by atoms with E-state index in [4.69, 9.17) is 4.42 Å². The average Bonchev–Trinajstić information content (AvgIpc) is 3.03. The molecule has 0 aliphatic rings. The first-order chi connectivity index (χ1) is 11.4. The molecule has 6 heteroatoms. The van der Waals surface area contributed by atoms with Gasteiger partial charge >= 0.3 is 6.01 Å². The molecule has 0 saturated carbocycles. The van der Waals surface area contributed by atoms with Gasteiger partial charge in [-0.05, 0) is 35.2 Å². The smallest absolute Gasteiger partial charge is 0.322 e. The van der Waals surface area contributed by atoms with Crippen molar-refractivity contribution >= 4 is 11.9 Å². The Hall–Kier alpha value is -3.02. The fourth-order valence-electron chi connectivity index (χ4n) is 2.16. The SMILES string of the molecule is CC(C)(C)c1ccc(C(=O)Nc2nnc(-c3ccccn3)o2)cc1. The average molecular weight is 322 g/mol. The topological polar surface area (TPSA) is 80.9 Å². The van der Waals surface area contributed by atoms with Crippen molar-refractivity contribution in [3.63, 3.8) is 0 Å². The van der Waals surface area contributed by atoms with Crippen LogP contribution in [-0.2, 0) is 5.41 Å². The highest BCUT2D eigenvalue weighted by Gasteiger charge is 2.16. The molecular weight excluding hydrogens is 304 g/mol. The Morgan fingerprint density at radius 2 is 1.79 bits per heavy atom. The number of aromatic nitrogens is 3. The number of carbonyl (C=O) groups excluding carboxylic acids is 1. The maximum Gasteiger partial charge on any atom is 0.322 e. The van der Waals surface area contributed by atoms with Gasteiger partial charge in [0.05, 0.1) is 0 Å². The van der Waals surface area contributed by atoms with E-state index < -0.39 is 0 Å². The molecule has 3 aromatic rings. The number of anilines is 1. The highest BCUT2D eigenvalue weighted by atomic mass is 16.4. The molecular formula is C18H18N4O2. The van der Waals surface area contributed by atoms with E-state index in [0.717, 1.165) is 5.56 Å². The summed E-state index contributed by atoms with van der Waals surface area (Å²) in [6.07, 6.45) is 1.63. The van der Waals surface area contributed by atoms with E-state index in [9.17, 15) is 4.79 Å². The normalized spacial score (nSPS) is 11.3. The summed E-state index contributed by atoms with van der Waals surface area (Å²) in [5.74, 6) is -0.0411. The Bertz CT molecular complexity index is 833. The monoisotopic (exact) mass is 322 g/mol. The molecule has 0 aliphatic heterocycles. The van der Waals surface area contributed by atoms with Crippen molar-refractivity contribution in [1.29, 1.82) is 0 Å². The second-order valence-corrected chi connectivity index (χ2v) is 6.41. The van der Waals surface area contributed by atoms with Crippen LogP contribution in [0.1, 0.15) is 36.7 Å². The van der Waals surface area contributed by atoms with Gasteiger partial charge in [-0.25, -0.2) is 0 Å². The molecule has 0 fully saturated rings. The van der Waals surface area contributed by atoms with Crippen molar-refractivity contribution in [2.75, 3.05) is 5.32 Å². The maximum atomic E-state index is 12.3. The largest absolute Gasteiger partial charge is 0.401 e. The van der Waals surface area contributed by atoms with E-state index in [0.29, 0.717) is 11.3 Å². The van der Waals surface area contributed by atoms with Gasteiger partial charge in [-0.3, -0.25) is 15.1 Å². The van der Waals surface area contributed by atoms with Crippen LogP contribution < -0.4 is 5.32 Å². The van der Waals surface area contributed by atoms with Crippen LogP contribution in [-0.4, -0.2) is 21.1 Å². The summed E-state index contributed by atoms with van der Waals surface area (Å²) in [4.78, 5) is 16.4. The summed E-state index contributed by atoms with van der Waals surface area (Å²) in [5, 5.41) is 10.3. The minimum absolute atomic E-state index is 0.0408. The summed E-state index contributed by atoms with van der Waals surface area (Å²) in [6.45, 7) is 6.37. The van der Waals surface area contributed by atoms with Crippen LogP contribution in [0.3, 0.4) is 0 Å². The molecule has 0 bridgehead atoms. The quantitative estimate of drug-likeness (QED) is 0.795. The van der Waals surface area contributed by atoms with E-state index >= 15 is 0 Å². The van der Waals surface area contributed by atoms with Crippen LogP contribution >= 0.6 is 0 Å². The highest BCUT2D eigenvalue weighted by molar-refractivity contribution is 6.03. The van der Waals surface area contributed by atoms with Crippen LogP contribution in [0.25, 0.3) is 11.6 Å². The summed E-state index contributed by atoms with van der Waals surface area (Å²) in [5.41, 5.74) is 2.29. The minimum atomic E-state index is -0.299. The summed E-state index contributed by atoms with van der Waals surface area (Å²) in [7, 11) is 0. The van der Waals surface area contributed by atoms with E-state index in [1.807, 2.05) is 18.2 Å². The number of benzene rings is 1. The van der Waals surface area contributed by atoms with Gasteiger partial charge in [-0.15, -0.1) is 5.10 Å². The van der Waals surface area contributed by atoms with Crippen molar-refractivity contribution in [2.24, 2.45) is 0 Å². The maximum absolute atomic E-state index is 12.3. The molecule has 1 N–H and O–H groups in total. The number of amides is 1. The standard InChI is InChI=1S/C18H18N4O2/c1-18(2,3)13-9-7-12(8-10-13)15(23)20-17-22-21-16(24-17)14-6-4-5-11-19-14/h4-11H,1-3H3,(H,20,22,23). The van der Waals surface area contributed by atoms with Crippen LogP contribution in [0.4, 0.5) is 6.01 Å². The van der Waals surface area contributed by atoms with Crippen molar-refractivity contribution in [1.82, 2.24) is 15.2 Å². The zero-order valence-corrected chi connectivity index (χ0v) is 13.8. The lowest BCUT2D eigenvalue weighted by Gasteiger charge is -2.18. The Kier molecular flexibility index (Phi) is 4.12. The Balaban J connectivity index is 1.72. The molecule has 0 unspecified atom stereocenters. The van der Waals surface area contributed by atoms with Gasteiger partial charge in [0.1, 0.15) is 5.69 Å². The van der Waals surface area contributed by atoms with E-state index in [1.54, 1.807) is 30.5 Å². The van der Waals surface area contributed by atoms with Crippen molar-refractivity contribution < 1.29 is 9.21 Å². The Morgan fingerprint density at radius 3 is 2.42 bits per heavy atom. The molecule has 0 atom stereocenters. The minimum Gasteiger partial charge on any atom is -0.401 e. The zero-order chi connectivity index (χ0) is 17.2. The lowest BCUT2D eigenvalue weighted by atomic mass is 9.87. The second kappa shape index (κ2) is 6.23. The summed E-state index contributed by atoms with van der Waals surface area (Å²) >= 11 is 0. The lowest BCUT2D eigenvalue weighted by molar-refractivity contribution is 0.102. The Labute approximate surface area is 140 Å². The number of pyridine rings is 1. The third-order valence-corrected chi connectivity index (χ3v) is 3.54. The molecule has 3 rings (SSSR count). The zero-order valence-electron chi connectivity index (χ0n) is 13.8. The van der Waals surface area contributed by atoms with Gasteiger partial charge in [-0.2, -0.15) is 0 Å². The van der Waals surface area contributed by atoms with Crippen LogP contribution in [0.5, 0.6) is 0 Å². The number of hydrogen-bond acceptors (Lipinski definition) is 5. The number of hydrogen-bond donors (Lipinski definition) is 1. The third kappa shape index (κ3) is 3.48. The molecule has 24 heavy (non-hydrogen) atoms. The first kappa shape index (κ1) is 15.9. The van der Waals surface area contributed by atoms with Crippen LogP contribution in [0.2, 0.25) is 0 Å². The van der Waals surface area contributed by atoms with Gasteiger partial charge in [-0.1, -0.05) is 44.1 Å². The summed E-state index contributed by atoms with van der Waals surface area (Å²) < 4.78 is 5.42. The first-order valence-electron chi connectivity index (χ1n) is 7.60. The van der Waals surface area contributed by atoms with Gasteiger partial charge in [0.15, 0.2) is 0 Å². The van der Waals surface area contributed by atoms with Crippen molar-refractivity contribution in [3.05, 3.63) is 59.8 Å². The molecule has 2 aromatic heterocycles. The molecule has 0 saturated heterocycles. The predicted octanol–water partition coefficient (Wildman–Crippen LogP) is 3.68. The fraction of sp³-hybridized carbons (Fsp3) is 0.222. The van der Waals surface area contributed by atoms with Gasteiger partial charge < -0.3 is 4.42 Å². The number of nitrogens with one attached hydrogen (secondary N) is 1. The molecule has 2 heterocycles. The molecule has 0 aliphatic carbocycles. The van der Waals surface area contributed by atoms with Gasteiger partial charge in [0.2, 0.25) is 0 Å². The number of nitrogens with zero attached hydrogens (tertiary/aromatic N) is 3. The van der Waals surface area contributed by atoms with E-state index in [2.05, 4.69) is 41.3 Å². The molecule has 0 radical (unpaired) electrons. The van der Waals surface area contributed by atoms with E-state index in [1.165, 1.54) is 0 Å². The highest BCUT2D eigenvalue weighted by Crippen LogP contribution is 2.22. The molecule has 1 aromatic carbocycles. The van der Waals surface area contributed by atoms with Crippen LogP contribution in [0, 0.1) is 0 Å².